The van der Waals surface area contributed by atoms with Crippen molar-refractivity contribution in [3.63, 3.8) is 0 Å². The third-order valence-electron chi connectivity index (χ3n) is 0.874. The zero-order valence-electron chi connectivity index (χ0n) is 4.50. The van der Waals surface area contributed by atoms with Gasteiger partial charge in [0.2, 0.25) is 5.88 Å². The molecule has 0 bridgehead atoms. The second-order valence-electron chi connectivity index (χ2n) is 1.55. The minimum Gasteiger partial charge on any atom is -0.493 e. The summed E-state index contributed by atoms with van der Waals surface area (Å²) in [5.41, 5.74) is 5.19. The minimum absolute atomic E-state index is 0.0856. The lowest BCUT2D eigenvalue weighted by Crippen LogP contribution is -1.90. The minimum atomic E-state index is 0.0856. The predicted molar refractivity (Wildman–Crippen MR) is 29.3 cm³/mol. The van der Waals surface area contributed by atoms with Crippen LogP contribution >= 0.6 is 0 Å². The van der Waals surface area contributed by atoms with E-state index in [1.165, 1.54) is 10.7 Å². The SMILES string of the molecule is Cn1nc(N)cc1O. The number of nitrogens with zero attached hydrogens (tertiary/aromatic N) is 2. The first kappa shape index (κ1) is 4.96. The van der Waals surface area contributed by atoms with Crippen molar-refractivity contribution in [2.24, 2.45) is 7.05 Å². The molecule has 0 fully saturated rings. The zero-order valence-corrected chi connectivity index (χ0v) is 4.50. The molecule has 4 heteroatoms. The average molecular weight is 113 g/mol. The Morgan fingerprint density at radius 2 is 2.50 bits per heavy atom. The molecule has 0 unspecified atom stereocenters. The van der Waals surface area contributed by atoms with Crippen LogP contribution in [0.1, 0.15) is 0 Å². The summed E-state index contributed by atoms with van der Waals surface area (Å²) in [5.74, 6) is 0.424. The first-order valence-corrected chi connectivity index (χ1v) is 2.18. The summed E-state index contributed by atoms with van der Waals surface area (Å²) in [4.78, 5) is 0. The van der Waals surface area contributed by atoms with Gasteiger partial charge < -0.3 is 10.8 Å². The van der Waals surface area contributed by atoms with E-state index < -0.39 is 0 Å². The summed E-state index contributed by atoms with van der Waals surface area (Å²) in [5, 5.41) is 12.4. The van der Waals surface area contributed by atoms with Crippen LogP contribution < -0.4 is 5.73 Å². The summed E-state index contributed by atoms with van der Waals surface area (Å²) in [7, 11) is 1.62. The monoisotopic (exact) mass is 113 g/mol. The van der Waals surface area contributed by atoms with Gasteiger partial charge in [-0.1, -0.05) is 0 Å². The van der Waals surface area contributed by atoms with Gasteiger partial charge in [0.15, 0.2) is 0 Å². The van der Waals surface area contributed by atoms with Gasteiger partial charge in [0.05, 0.1) is 0 Å². The molecule has 0 saturated heterocycles. The smallest absolute Gasteiger partial charge is 0.211 e. The van der Waals surface area contributed by atoms with Crippen LogP contribution in [0.25, 0.3) is 0 Å². The Labute approximate surface area is 46.5 Å². The number of nitrogens with two attached hydrogens (primary N) is 1. The van der Waals surface area contributed by atoms with Gasteiger partial charge in [-0.3, -0.25) is 0 Å². The van der Waals surface area contributed by atoms with Crippen molar-refractivity contribution in [2.75, 3.05) is 5.73 Å². The third kappa shape index (κ3) is 0.598. The van der Waals surface area contributed by atoms with Crippen molar-refractivity contribution in [1.29, 1.82) is 0 Å². The zero-order chi connectivity index (χ0) is 6.15. The van der Waals surface area contributed by atoms with Gasteiger partial charge in [-0.2, -0.15) is 5.10 Å². The quantitative estimate of drug-likeness (QED) is 0.485. The highest BCUT2D eigenvalue weighted by Gasteiger charge is 1.95. The summed E-state index contributed by atoms with van der Waals surface area (Å²) in [6.45, 7) is 0. The number of rotatable bonds is 0. The molecule has 8 heavy (non-hydrogen) atoms. The lowest BCUT2D eigenvalue weighted by molar-refractivity contribution is 0.419. The highest BCUT2D eigenvalue weighted by molar-refractivity contribution is 5.31. The maximum Gasteiger partial charge on any atom is 0.211 e. The number of aromatic nitrogens is 2. The van der Waals surface area contributed by atoms with Crippen LogP contribution in [-0.4, -0.2) is 14.9 Å². The largest absolute Gasteiger partial charge is 0.493 e. The molecule has 1 heterocycles. The average Bonchev–Trinajstić information content (AvgIpc) is 1.85. The van der Waals surface area contributed by atoms with E-state index in [4.69, 9.17) is 10.8 Å². The number of aromatic hydroxyl groups is 1. The van der Waals surface area contributed by atoms with Crippen LogP contribution in [0, 0.1) is 0 Å². The Morgan fingerprint density at radius 1 is 1.88 bits per heavy atom. The van der Waals surface area contributed by atoms with Crippen molar-refractivity contribution < 1.29 is 5.11 Å². The molecule has 0 amide bonds. The molecule has 4 nitrogen and oxygen atoms in total. The number of nitrogen functional groups attached to an aromatic ring is 1. The van der Waals surface area contributed by atoms with Crippen LogP contribution in [0.5, 0.6) is 5.88 Å². The molecule has 1 aromatic heterocycles. The maximum atomic E-state index is 8.76. The molecule has 0 saturated carbocycles. The second-order valence-corrected chi connectivity index (χ2v) is 1.55. The molecule has 1 rings (SSSR count). The van der Waals surface area contributed by atoms with Gasteiger partial charge in [0.1, 0.15) is 5.82 Å². The van der Waals surface area contributed by atoms with E-state index >= 15 is 0 Å². The van der Waals surface area contributed by atoms with Gasteiger partial charge in [0.25, 0.3) is 0 Å². The molecule has 44 valence electrons. The Hall–Kier alpha value is -1.19. The first-order chi connectivity index (χ1) is 3.70. The van der Waals surface area contributed by atoms with Crippen molar-refractivity contribution >= 4 is 5.82 Å². The highest BCUT2D eigenvalue weighted by Crippen LogP contribution is 2.08. The molecule has 0 atom stereocenters. The number of anilines is 1. The van der Waals surface area contributed by atoms with E-state index in [1.807, 2.05) is 0 Å². The third-order valence-corrected chi connectivity index (χ3v) is 0.874. The molecule has 0 aliphatic rings. The van der Waals surface area contributed by atoms with Crippen molar-refractivity contribution in [2.45, 2.75) is 0 Å². The van der Waals surface area contributed by atoms with Crippen LogP contribution in [0.15, 0.2) is 6.07 Å². The predicted octanol–water partition coefficient (Wildman–Crippen LogP) is -0.292. The summed E-state index contributed by atoms with van der Waals surface area (Å²) in [6.07, 6.45) is 0. The van der Waals surface area contributed by atoms with Gasteiger partial charge in [0, 0.05) is 13.1 Å². The van der Waals surface area contributed by atoms with E-state index in [9.17, 15) is 0 Å². The van der Waals surface area contributed by atoms with Crippen LogP contribution in [-0.2, 0) is 7.05 Å². The molecule has 0 aliphatic heterocycles. The van der Waals surface area contributed by atoms with E-state index in [1.54, 1.807) is 7.05 Å². The standard InChI is InChI=1S/C4H7N3O/c1-7-4(8)2-3(5)6-7/h2,8H,1H3,(H2,5,6). The molecular formula is C4H7N3O. The Bertz CT molecular complexity index is 174. The summed E-state index contributed by atoms with van der Waals surface area (Å²) < 4.78 is 1.30. The molecule has 0 radical (unpaired) electrons. The maximum absolute atomic E-state index is 8.76. The Morgan fingerprint density at radius 3 is 2.62 bits per heavy atom. The second kappa shape index (κ2) is 1.40. The number of hydrogen-bond acceptors (Lipinski definition) is 3. The van der Waals surface area contributed by atoms with E-state index in [0.29, 0.717) is 5.82 Å². The summed E-state index contributed by atoms with van der Waals surface area (Å²) >= 11 is 0. The molecular weight excluding hydrogens is 106 g/mol. The van der Waals surface area contributed by atoms with Crippen LogP contribution in [0.3, 0.4) is 0 Å². The lowest BCUT2D eigenvalue weighted by atomic mass is 10.6. The molecule has 0 aromatic carbocycles. The van der Waals surface area contributed by atoms with Crippen LogP contribution in [0.4, 0.5) is 5.82 Å². The van der Waals surface area contributed by atoms with Gasteiger partial charge in [-0.25, -0.2) is 4.68 Å². The van der Waals surface area contributed by atoms with Crippen LogP contribution in [0.2, 0.25) is 0 Å². The summed E-state index contributed by atoms with van der Waals surface area (Å²) in [6, 6.07) is 1.39. The van der Waals surface area contributed by atoms with E-state index in [0.717, 1.165) is 0 Å². The highest BCUT2D eigenvalue weighted by atomic mass is 16.3. The lowest BCUT2D eigenvalue weighted by Gasteiger charge is -1.86. The molecule has 3 N–H and O–H groups in total. The van der Waals surface area contributed by atoms with Gasteiger partial charge >= 0.3 is 0 Å². The molecule has 0 spiro atoms. The van der Waals surface area contributed by atoms with Crippen molar-refractivity contribution in [3.05, 3.63) is 6.07 Å². The topological polar surface area (TPSA) is 64.1 Å². The Kier molecular flexibility index (Phi) is 0.865. The fraction of sp³-hybridized carbons (Fsp3) is 0.250. The molecule has 0 aliphatic carbocycles. The fourth-order valence-electron chi connectivity index (χ4n) is 0.479. The van der Waals surface area contributed by atoms with Crippen molar-refractivity contribution in [3.8, 4) is 5.88 Å². The number of hydrogen-bond donors (Lipinski definition) is 2. The van der Waals surface area contributed by atoms with Gasteiger partial charge in [-0.15, -0.1) is 0 Å². The normalized spacial score (nSPS) is 9.62. The van der Waals surface area contributed by atoms with E-state index in [-0.39, 0.29) is 5.88 Å². The van der Waals surface area contributed by atoms with Crippen molar-refractivity contribution in [1.82, 2.24) is 9.78 Å². The van der Waals surface area contributed by atoms with E-state index in [2.05, 4.69) is 5.10 Å². The van der Waals surface area contributed by atoms with Gasteiger partial charge in [-0.05, 0) is 0 Å². The Balaban J connectivity index is 3.14. The molecule has 1 aromatic rings. The fourth-order valence-corrected chi connectivity index (χ4v) is 0.479. The number of aryl methyl sites for hydroxylation is 1. The first-order valence-electron chi connectivity index (χ1n) is 2.18.